The van der Waals surface area contributed by atoms with Gasteiger partial charge in [-0.15, -0.1) is 0 Å². The first-order valence-corrected chi connectivity index (χ1v) is 9.25. The fourth-order valence-electron chi connectivity index (χ4n) is 2.53. The smallest absolute Gasteiger partial charge is 0.317 e. The fraction of sp³-hybridized carbons (Fsp3) is 0.533. The highest BCUT2D eigenvalue weighted by Gasteiger charge is 2.29. The zero-order valence-corrected chi connectivity index (χ0v) is 14.0. The van der Waals surface area contributed by atoms with Gasteiger partial charge in [0.1, 0.15) is 0 Å². The van der Waals surface area contributed by atoms with E-state index >= 15 is 0 Å². The Morgan fingerprint density at radius 3 is 2.74 bits per heavy atom. The van der Waals surface area contributed by atoms with E-state index in [0.717, 1.165) is 0 Å². The lowest BCUT2D eigenvalue weighted by molar-refractivity contribution is 0.195. The number of rotatable bonds is 5. The van der Waals surface area contributed by atoms with Gasteiger partial charge in [0.15, 0.2) is 21.4 Å². The second-order valence-electron chi connectivity index (χ2n) is 5.53. The molecule has 0 radical (unpaired) electrons. The number of nitrogens with one attached hydrogen (secondary N) is 1. The maximum atomic E-state index is 13.7. The van der Waals surface area contributed by atoms with Gasteiger partial charge in [-0.1, -0.05) is 6.07 Å². The molecule has 1 heterocycles. The van der Waals surface area contributed by atoms with Crippen LogP contribution in [0.3, 0.4) is 0 Å². The molecule has 0 spiro atoms. The SMILES string of the molecule is CCN(Cc1ccc(OC)c(F)c1)C(=O)N[C@@H]1CCS(=O)(=O)C1. The second-order valence-corrected chi connectivity index (χ2v) is 7.76. The highest BCUT2D eigenvalue weighted by molar-refractivity contribution is 7.91. The maximum Gasteiger partial charge on any atom is 0.317 e. The summed E-state index contributed by atoms with van der Waals surface area (Å²) in [5.41, 5.74) is 0.638. The molecule has 2 rings (SSSR count). The Labute approximate surface area is 135 Å². The van der Waals surface area contributed by atoms with E-state index in [1.807, 2.05) is 6.92 Å². The van der Waals surface area contributed by atoms with Gasteiger partial charge in [0.25, 0.3) is 0 Å². The van der Waals surface area contributed by atoms with Crippen molar-refractivity contribution < 1.29 is 22.3 Å². The summed E-state index contributed by atoms with van der Waals surface area (Å²) in [6.07, 6.45) is 0.433. The van der Waals surface area contributed by atoms with Crippen LogP contribution in [0.15, 0.2) is 18.2 Å². The summed E-state index contributed by atoms with van der Waals surface area (Å²) in [5, 5.41) is 2.73. The lowest BCUT2D eigenvalue weighted by Crippen LogP contribution is -2.44. The molecule has 0 unspecified atom stereocenters. The van der Waals surface area contributed by atoms with Crippen LogP contribution >= 0.6 is 0 Å². The molecule has 1 saturated heterocycles. The van der Waals surface area contributed by atoms with Crippen molar-refractivity contribution in [1.29, 1.82) is 0 Å². The van der Waals surface area contributed by atoms with Crippen LogP contribution in [0.25, 0.3) is 0 Å². The molecule has 0 bridgehead atoms. The maximum absolute atomic E-state index is 13.7. The zero-order valence-electron chi connectivity index (χ0n) is 13.2. The average Bonchev–Trinajstić information content (AvgIpc) is 2.83. The quantitative estimate of drug-likeness (QED) is 0.879. The molecular weight excluding hydrogens is 323 g/mol. The summed E-state index contributed by atoms with van der Waals surface area (Å²) in [5.74, 6) is -0.248. The van der Waals surface area contributed by atoms with Gasteiger partial charge in [0.05, 0.1) is 18.6 Å². The van der Waals surface area contributed by atoms with Gasteiger partial charge in [0, 0.05) is 19.1 Å². The molecule has 0 aliphatic carbocycles. The Morgan fingerprint density at radius 1 is 1.48 bits per heavy atom. The first-order valence-electron chi connectivity index (χ1n) is 7.43. The van der Waals surface area contributed by atoms with E-state index in [1.54, 1.807) is 6.07 Å². The number of amides is 2. The summed E-state index contributed by atoms with van der Waals surface area (Å²) >= 11 is 0. The van der Waals surface area contributed by atoms with Crippen molar-refractivity contribution in [3.05, 3.63) is 29.6 Å². The molecule has 1 aliphatic heterocycles. The Bertz CT molecular complexity index is 678. The topological polar surface area (TPSA) is 75.7 Å². The van der Waals surface area contributed by atoms with Crippen molar-refractivity contribution in [2.24, 2.45) is 0 Å². The van der Waals surface area contributed by atoms with E-state index in [1.165, 1.54) is 24.1 Å². The number of hydrogen-bond donors (Lipinski definition) is 1. The van der Waals surface area contributed by atoms with Gasteiger partial charge in [-0.05, 0) is 31.0 Å². The van der Waals surface area contributed by atoms with Gasteiger partial charge in [0.2, 0.25) is 0 Å². The molecule has 1 fully saturated rings. The van der Waals surface area contributed by atoms with Crippen molar-refractivity contribution in [3.63, 3.8) is 0 Å². The molecule has 128 valence electrons. The summed E-state index contributed by atoms with van der Waals surface area (Å²) in [4.78, 5) is 13.8. The average molecular weight is 344 g/mol. The molecule has 1 atom stereocenters. The molecule has 8 heteroatoms. The number of carbonyl (C=O) groups excluding carboxylic acids is 1. The summed E-state index contributed by atoms with van der Waals surface area (Å²) in [7, 11) is -1.65. The highest BCUT2D eigenvalue weighted by Crippen LogP contribution is 2.19. The van der Waals surface area contributed by atoms with Crippen molar-refractivity contribution in [3.8, 4) is 5.75 Å². The van der Waals surface area contributed by atoms with Crippen molar-refractivity contribution in [1.82, 2.24) is 10.2 Å². The third-order valence-corrected chi connectivity index (χ3v) is 5.59. The van der Waals surface area contributed by atoms with Gasteiger partial charge < -0.3 is 15.0 Å². The van der Waals surface area contributed by atoms with Crippen LogP contribution < -0.4 is 10.1 Å². The molecular formula is C15H21FN2O4S. The van der Waals surface area contributed by atoms with Crippen molar-refractivity contribution >= 4 is 15.9 Å². The number of methoxy groups -OCH3 is 1. The molecule has 6 nitrogen and oxygen atoms in total. The first-order chi connectivity index (χ1) is 10.8. The predicted molar refractivity (Wildman–Crippen MR) is 84.6 cm³/mol. The van der Waals surface area contributed by atoms with E-state index in [9.17, 15) is 17.6 Å². The van der Waals surface area contributed by atoms with Crippen LogP contribution in [-0.2, 0) is 16.4 Å². The highest BCUT2D eigenvalue weighted by atomic mass is 32.2. The van der Waals surface area contributed by atoms with E-state index in [2.05, 4.69) is 5.32 Å². The van der Waals surface area contributed by atoms with E-state index in [4.69, 9.17) is 4.74 Å². The van der Waals surface area contributed by atoms with Crippen LogP contribution in [0, 0.1) is 5.82 Å². The lowest BCUT2D eigenvalue weighted by Gasteiger charge is -2.23. The summed E-state index contributed by atoms with van der Waals surface area (Å²) in [6.45, 7) is 2.48. The Balaban J connectivity index is 1.99. The van der Waals surface area contributed by atoms with Crippen molar-refractivity contribution in [2.75, 3.05) is 25.2 Å². The number of benzene rings is 1. The molecule has 1 N–H and O–H groups in total. The molecule has 0 saturated carbocycles. The summed E-state index contributed by atoms with van der Waals surface area (Å²) in [6, 6.07) is 3.84. The number of ether oxygens (including phenoxy) is 1. The molecule has 2 amide bonds. The number of hydrogen-bond acceptors (Lipinski definition) is 4. The third-order valence-electron chi connectivity index (χ3n) is 3.82. The van der Waals surface area contributed by atoms with E-state index < -0.39 is 15.7 Å². The molecule has 23 heavy (non-hydrogen) atoms. The van der Waals surface area contributed by atoms with Crippen LogP contribution in [0.1, 0.15) is 18.9 Å². The number of nitrogens with zero attached hydrogens (tertiary/aromatic N) is 1. The van der Waals surface area contributed by atoms with Crippen molar-refractivity contribution in [2.45, 2.75) is 25.9 Å². The predicted octanol–water partition coefficient (Wildman–Crippen LogP) is 1.55. The van der Waals surface area contributed by atoms with Gasteiger partial charge in [-0.2, -0.15) is 0 Å². The largest absolute Gasteiger partial charge is 0.494 e. The molecule has 1 aromatic carbocycles. The Kier molecular flexibility index (Phi) is 5.46. The first kappa shape index (κ1) is 17.5. The zero-order chi connectivity index (χ0) is 17.0. The normalized spacial score (nSPS) is 19.3. The van der Waals surface area contributed by atoms with Crippen LogP contribution in [0.4, 0.5) is 9.18 Å². The van der Waals surface area contributed by atoms with Gasteiger partial charge >= 0.3 is 6.03 Å². The third kappa shape index (κ3) is 4.57. The van der Waals surface area contributed by atoms with Gasteiger partial charge in [-0.3, -0.25) is 0 Å². The monoisotopic (exact) mass is 344 g/mol. The molecule has 0 aromatic heterocycles. The Morgan fingerprint density at radius 2 is 2.22 bits per heavy atom. The van der Waals surface area contributed by atoms with E-state index in [0.29, 0.717) is 18.5 Å². The Hall–Kier alpha value is -1.83. The molecule has 1 aliphatic rings. The van der Waals surface area contributed by atoms with Crippen LogP contribution in [0.5, 0.6) is 5.75 Å². The minimum Gasteiger partial charge on any atom is -0.494 e. The number of sulfone groups is 1. The minimum atomic E-state index is -3.04. The van der Waals surface area contributed by atoms with Crippen LogP contribution in [-0.4, -0.2) is 50.6 Å². The number of halogens is 1. The van der Waals surface area contributed by atoms with Gasteiger partial charge in [-0.25, -0.2) is 17.6 Å². The summed E-state index contributed by atoms with van der Waals surface area (Å²) < 4.78 is 41.4. The van der Waals surface area contributed by atoms with Crippen LogP contribution in [0.2, 0.25) is 0 Å². The number of carbonyl (C=O) groups is 1. The lowest BCUT2D eigenvalue weighted by atomic mass is 10.2. The fourth-order valence-corrected chi connectivity index (χ4v) is 4.20. The van der Waals surface area contributed by atoms with E-state index in [-0.39, 0.29) is 35.9 Å². The molecule has 1 aromatic rings. The number of urea groups is 1. The minimum absolute atomic E-state index is 0.0204. The standard InChI is InChI=1S/C15H21FN2O4S/c1-3-18(9-11-4-5-14(22-2)13(16)8-11)15(19)17-12-6-7-23(20,21)10-12/h4-5,8,12H,3,6-7,9-10H2,1-2H3,(H,17,19)/t12-/m1/s1. The second kappa shape index (κ2) is 7.16.